The third kappa shape index (κ3) is 4.33. The zero-order valence-electron chi connectivity index (χ0n) is 19.8. The van der Waals surface area contributed by atoms with E-state index >= 15 is 0 Å². The number of carbonyl (C=O) groups is 1. The molecule has 2 aromatic heterocycles. The van der Waals surface area contributed by atoms with E-state index in [-0.39, 0.29) is 8.76 Å². The summed E-state index contributed by atoms with van der Waals surface area (Å²) in [4.78, 5) is 20.7. The van der Waals surface area contributed by atoms with Gasteiger partial charge in [0.25, 0.3) is 5.91 Å². The smallest absolute Gasteiger partial charge is 0.269 e. The van der Waals surface area contributed by atoms with Crippen LogP contribution in [0.2, 0.25) is 0 Å². The minimum absolute atomic E-state index is 0. The quantitative estimate of drug-likeness (QED) is 0.352. The maximum Gasteiger partial charge on any atom is 0.269 e. The van der Waals surface area contributed by atoms with E-state index in [4.69, 9.17) is 9.72 Å². The number of ether oxygens (including phenoxy) is 1. The van der Waals surface area contributed by atoms with Gasteiger partial charge in [0.2, 0.25) is 5.95 Å². The number of carbonyl (C=O) groups excluding carboxylic acids is 1. The number of hydrogen-bond acceptors (Lipinski definition) is 5. The summed E-state index contributed by atoms with van der Waals surface area (Å²) in [6.07, 6.45) is 6.76. The van der Waals surface area contributed by atoms with Crippen molar-refractivity contribution in [3.63, 3.8) is 0 Å². The first-order valence-corrected chi connectivity index (χ1v) is 11.7. The molecule has 7 heteroatoms. The van der Waals surface area contributed by atoms with E-state index in [0.717, 1.165) is 22.7 Å². The van der Waals surface area contributed by atoms with E-state index < -0.39 is 0 Å². The van der Waals surface area contributed by atoms with E-state index in [1.807, 2.05) is 29.8 Å². The summed E-state index contributed by atoms with van der Waals surface area (Å²) in [5, 5.41) is 6.08. The number of aromatic nitrogens is 3. The number of fused-ring (bicyclic) bond motifs is 1. The average molecular weight is 460 g/mol. The van der Waals surface area contributed by atoms with Crippen LogP contribution in [0.3, 0.4) is 0 Å². The summed E-state index contributed by atoms with van der Waals surface area (Å²) in [6, 6.07) is 15.7. The molecule has 4 aromatic rings. The SMILES string of the molecule is CNC(=O)c1cc(Oc2ccc3c(c2)nc(Nc2ccc(C)c(C4CCCC4)c2)n3C)ccn1.[HH].[HH]. The zero-order valence-corrected chi connectivity index (χ0v) is 19.8. The Labute approximate surface area is 202 Å². The van der Waals surface area contributed by atoms with Crippen LogP contribution in [0.15, 0.2) is 54.7 Å². The fourth-order valence-electron chi connectivity index (χ4n) is 4.74. The lowest BCUT2D eigenvalue weighted by atomic mass is 9.93. The van der Waals surface area contributed by atoms with Gasteiger partial charge in [0, 0.05) is 41.0 Å². The number of aryl methyl sites for hydroxylation is 2. The van der Waals surface area contributed by atoms with E-state index in [1.165, 1.54) is 36.8 Å². The Kier molecular flexibility index (Phi) is 5.92. The number of benzene rings is 2. The molecule has 1 saturated carbocycles. The second-order valence-corrected chi connectivity index (χ2v) is 8.88. The summed E-state index contributed by atoms with van der Waals surface area (Å²) in [5.41, 5.74) is 6.00. The molecule has 1 fully saturated rings. The molecule has 0 saturated heterocycles. The van der Waals surface area contributed by atoms with Crippen molar-refractivity contribution in [1.29, 1.82) is 0 Å². The Morgan fingerprint density at radius 2 is 1.88 bits per heavy atom. The summed E-state index contributed by atoms with van der Waals surface area (Å²) in [5.74, 6) is 2.37. The van der Waals surface area contributed by atoms with Crippen LogP contribution >= 0.6 is 0 Å². The van der Waals surface area contributed by atoms with Gasteiger partial charge in [-0.25, -0.2) is 4.98 Å². The summed E-state index contributed by atoms with van der Waals surface area (Å²) < 4.78 is 8.03. The van der Waals surface area contributed by atoms with Crippen LogP contribution in [0.4, 0.5) is 11.6 Å². The summed E-state index contributed by atoms with van der Waals surface area (Å²) >= 11 is 0. The van der Waals surface area contributed by atoms with Crippen molar-refractivity contribution in [3.8, 4) is 11.5 Å². The number of rotatable bonds is 6. The van der Waals surface area contributed by atoms with Crippen molar-refractivity contribution in [2.45, 2.75) is 38.5 Å². The lowest BCUT2D eigenvalue weighted by Crippen LogP contribution is -2.18. The molecule has 2 heterocycles. The number of amides is 1. The molecule has 1 amide bonds. The number of nitrogens with one attached hydrogen (secondary N) is 2. The summed E-state index contributed by atoms with van der Waals surface area (Å²) in [7, 11) is 3.58. The van der Waals surface area contributed by atoms with Crippen molar-refractivity contribution >= 4 is 28.6 Å². The molecule has 1 aliphatic rings. The molecule has 0 bridgehead atoms. The minimum Gasteiger partial charge on any atom is -0.457 e. The fourth-order valence-corrected chi connectivity index (χ4v) is 4.74. The highest BCUT2D eigenvalue weighted by Crippen LogP contribution is 2.37. The Balaban J connectivity index is 0.00000180. The molecule has 5 rings (SSSR count). The van der Waals surface area contributed by atoms with Gasteiger partial charge in [-0.05, 0) is 67.1 Å². The Morgan fingerprint density at radius 3 is 2.68 bits per heavy atom. The first-order valence-electron chi connectivity index (χ1n) is 11.7. The molecule has 0 radical (unpaired) electrons. The highest BCUT2D eigenvalue weighted by atomic mass is 16.5. The predicted molar refractivity (Wildman–Crippen MR) is 138 cm³/mol. The minimum atomic E-state index is -0.256. The lowest BCUT2D eigenvalue weighted by Gasteiger charge is -2.15. The van der Waals surface area contributed by atoms with E-state index in [1.54, 1.807) is 25.4 Å². The highest BCUT2D eigenvalue weighted by Gasteiger charge is 2.19. The van der Waals surface area contributed by atoms with E-state index in [2.05, 4.69) is 40.7 Å². The number of imidazole rings is 1. The van der Waals surface area contributed by atoms with Crippen LogP contribution in [-0.4, -0.2) is 27.5 Å². The van der Waals surface area contributed by atoms with Crippen LogP contribution < -0.4 is 15.4 Å². The topological polar surface area (TPSA) is 81.1 Å². The van der Waals surface area contributed by atoms with Gasteiger partial charge in [0.1, 0.15) is 17.2 Å². The normalized spacial score (nSPS) is 13.9. The molecule has 2 aromatic carbocycles. The standard InChI is InChI=1S/C27H29N5O2.2H2/c1-17-8-9-19(14-22(17)18-6-4-5-7-18)30-27-31-23-15-20(10-11-25(23)32(27)3)34-21-12-13-29-24(16-21)26(33)28-2;;/h8-16,18H,4-7H2,1-3H3,(H,28,33)(H,30,31);2*1H. The molecule has 2 N–H and O–H groups in total. The van der Waals surface area contributed by atoms with Crippen molar-refractivity contribution < 1.29 is 12.4 Å². The zero-order chi connectivity index (χ0) is 23.7. The highest BCUT2D eigenvalue weighted by molar-refractivity contribution is 5.92. The van der Waals surface area contributed by atoms with E-state index in [9.17, 15) is 4.79 Å². The van der Waals surface area contributed by atoms with Crippen LogP contribution in [0, 0.1) is 6.92 Å². The number of anilines is 2. The molecule has 0 aliphatic heterocycles. The molecular weight excluding hydrogens is 426 g/mol. The second-order valence-electron chi connectivity index (χ2n) is 8.88. The van der Waals surface area contributed by atoms with Gasteiger partial charge in [-0.2, -0.15) is 0 Å². The Morgan fingerprint density at radius 1 is 1.09 bits per heavy atom. The van der Waals surface area contributed by atoms with E-state index in [0.29, 0.717) is 23.1 Å². The number of pyridine rings is 1. The fraction of sp³-hybridized carbons (Fsp3) is 0.296. The summed E-state index contributed by atoms with van der Waals surface area (Å²) in [6.45, 7) is 2.20. The van der Waals surface area contributed by atoms with Gasteiger partial charge >= 0.3 is 0 Å². The monoisotopic (exact) mass is 459 g/mol. The third-order valence-corrected chi connectivity index (χ3v) is 6.61. The van der Waals surface area contributed by atoms with Gasteiger partial charge in [-0.3, -0.25) is 9.78 Å². The number of nitrogens with zero attached hydrogens (tertiary/aromatic N) is 3. The molecule has 1 aliphatic carbocycles. The molecule has 0 spiro atoms. The molecule has 0 unspecified atom stereocenters. The Hall–Kier alpha value is -3.87. The van der Waals surface area contributed by atoms with Gasteiger partial charge in [0.05, 0.1) is 11.0 Å². The average Bonchev–Trinajstić information content (AvgIpc) is 3.48. The first-order chi connectivity index (χ1) is 16.5. The van der Waals surface area contributed by atoms with Crippen LogP contribution in [0.1, 0.15) is 56.1 Å². The van der Waals surface area contributed by atoms with Gasteiger partial charge in [0.15, 0.2) is 0 Å². The third-order valence-electron chi connectivity index (χ3n) is 6.61. The van der Waals surface area contributed by atoms with Crippen molar-refractivity contribution in [2.75, 3.05) is 12.4 Å². The number of hydrogen-bond donors (Lipinski definition) is 2. The largest absolute Gasteiger partial charge is 0.457 e. The van der Waals surface area contributed by atoms with Gasteiger partial charge in [-0.15, -0.1) is 0 Å². The van der Waals surface area contributed by atoms with Crippen molar-refractivity contribution in [3.05, 3.63) is 71.5 Å². The second kappa shape index (κ2) is 9.17. The molecule has 7 nitrogen and oxygen atoms in total. The van der Waals surface area contributed by atoms with Crippen LogP contribution in [0.25, 0.3) is 11.0 Å². The first kappa shape index (κ1) is 21.9. The van der Waals surface area contributed by atoms with Gasteiger partial charge in [-0.1, -0.05) is 18.9 Å². The molecular formula is C27H33N5O2. The molecule has 0 atom stereocenters. The Bertz CT molecular complexity index is 1370. The van der Waals surface area contributed by atoms with Gasteiger partial charge < -0.3 is 19.9 Å². The predicted octanol–water partition coefficient (Wildman–Crippen LogP) is 6.32. The van der Waals surface area contributed by atoms with Crippen LogP contribution in [0.5, 0.6) is 11.5 Å². The lowest BCUT2D eigenvalue weighted by molar-refractivity contribution is 0.0958. The van der Waals surface area contributed by atoms with Crippen molar-refractivity contribution in [1.82, 2.24) is 19.9 Å². The van der Waals surface area contributed by atoms with Crippen LogP contribution in [-0.2, 0) is 7.05 Å². The molecule has 34 heavy (non-hydrogen) atoms. The maximum atomic E-state index is 11.8. The molecule has 178 valence electrons. The maximum absolute atomic E-state index is 11.8. The van der Waals surface area contributed by atoms with Crippen molar-refractivity contribution in [2.24, 2.45) is 7.05 Å².